The molecule has 1 N–H and O–H groups in total. The smallest absolute Gasteiger partial charge is 0.361 e. The molecule has 2 aromatic heterocycles. The molecule has 0 atom stereocenters. The molecule has 0 saturated heterocycles. The molecule has 0 spiro atoms. The van der Waals surface area contributed by atoms with Crippen molar-refractivity contribution in [3.8, 4) is 11.5 Å². The third kappa shape index (κ3) is 10.8. The van der Waals surface area contributed by atoms with E-state index in [1.54, 1.807) is 48.6 Å². The SMILES string of the molecule is CC(C)(C)OC(=O)c1nc[nH]c(=O)c1OCc1ccccc1.Cn1cnc(C(=O)OC(C)(C)C)c(OCc2ccccc2)c1=O. The van der Waals surface area contributed by atoms with E-state index in [0.717, 1.165) is 17.5 Å². The lowest BCUT2D eigenvalue weighted by molar-refractivity contribution is 0.00449. The molecule has 12 heteroatoms. The summed E-state index contributed by atoms with van der Waals surface area (Å²) in [6.45, 7) is 10.8. The van der Waals surface area contributed by atoms with E-state index < -0.39 is 34.3 Å². The molecule has 0 radical (unpaired) electrons. The van der Waals surface area contributed by atoms with Gasteiger partial charge in [-0.2, -0.15) is 0 Å². The van der Waals surface area contributed by atoms with Gasteiger partial charge in [0.1, 0.15) is 24.4 Å². The number of ether oxygens (including phenoxy) is 4. The maximum Gasteiger partial charge on any atom is 0.361 e. The number of esters is 2. The van der Waals surface area contributed by atoms with Crippen LogP contribution in [0.25, 0.3) is 0 Å². The molecule has 238 valence electrons. The number of nitrogens with zero attached hydrogens (tertiary/aromatic N) is 3. The number of aromatic amines is 1. The highest BCUT2D eigenvalue weighted by Crippen LogP contribution is 2.18. The van der Waals surface area contributed by atoms with E-state index in [9.17, 15) is 19.2 Å². The standard InChI is InChI=1S/C17H20N2O4.C16H18N2O4/c1-17(2,3)23-16(21)13-14(15(20)19(4)11-18-13)22-10-12-8-6-5-7-9-12;1-16(2,3)22-15(20)12-13(14(19)18-10-17-12)21-9-11-7-5-4-6-8-11/h5-9,11H,10H2,1-4H3;4-8,10H,9H2,1-3H3,(H,17,18,19). The van der Waals surface area contributed by atoms with Crippen molar-refractivity contribution < 1.29 is 28.5 Å². The molecule has 0 unspecified atom stereocenters. The van der Waals surface area contributed by atoms with Gasteiger partial charge in [0.15, 0.2) is 11.4 Å². The zero-order chi connectivity index (χ0) is 33.2. The first-order chi connectivity index (χ1) is 21.1. The van der Waals surface area contributed by atoms with Crippen molar-refractivity contribution in [1.29, 1.82) is 0 Å². The second-order valence-corrected chi connectivity index (χ2v) is 11.8. The molecule has 45 heavy (non-hydrogen) atoms. The predicted octanol–water partition coefficient (Wildman–Crippen LogP) is 4.62. The van der Waals surface area contributed by atoms with Crippen LogP contribution >= 0.6 is 0 Å². The summed E-state index contributed by atoms with van der Waals surface area (Å²) in [6.07, 6.45) is 2.42. The highest BCUT2D eigenvalue weighted by atomic mass is 16.6. The lowest BCUT2D eigenvalue weighted by Crippen LogP contribution is -2.28. The molecule has 2 heterocycles. The van der Waals surface area contributed by atoms with Crippen LogP contribution in [0.4, 0.5) is 0 Å². The van der Waals surface area contributed by atoms with E-state index in [1.807, 2.05) is 60.7 Å². The number of carbonyl (C=O) groups is 2. The maximum absolute atomic E-state index is 12.3. The Balaban J connectivity index is 0.000000246. The average Bonchev–Trinajstić information content (AvgIpc) is 2.96. The fourth-order valence-electron chi connectivity index (χ4n) is 3.57. The van der Waals surface area contributed by atoms with Gasteiger partial charge in [-0.1, -0.05) is 60.7 Å². The van der Waals surface area contributed by atoms with Crippen LogP contribution in [0.3, 0.4) is 0 Å². The van der Waals surface area contributed by atoms with Crippen molar-refractivity contribution in [3.63, 3.8) is 0 Å². The number of nitrogens with one attached hydrogen (secondary N) is 1. The number of H-pyrrole nitrogens is 1. The first-order valence-electron chi connectivity index (χ1n) is 14.1. The van der Waals surface area contributed by atoms with Crippen molar-refractivity contribution in [2.45, 2.75) is 66.0 Å². The van der Waals surface area contributed by atoms with Gasteiger partial charge in [-0.15, -0.1) is 0 Å². The third-order valence-electron chi connectivity index (χ3n) is 5.54. The van der Waals surface area contributed by atoms with Crippen molar-refractivity contribution in [2.24, 2.45) is 7.05 Å². The van der Waals surface area contributed by atoms with E-state index in [1.165, 1.54) is 10.9 Å². The van der Waals surface area contributed by atoms with Gasteiger partial charge in [-0.3, -0.25) is 14.2 Å². The molecule has 0 aliphatic rings. The van der Waals surface area contributed by atoms with E-state index in [2.05, 4.69) is 15.0 Å². The van der Waals surface area contributed by atoms with Crippen LogP contribution in [0, 0.1) is 0 Å². The quantitative estimate of drug-likeness (QED) is 0.277. The summed E-state index contributed by atoms with van der Waals surface area (Å²) in [4.78, 5) is 58.8. The van der Waals surface area contributed by atoms with Crippen LogP contribution in [0.1, 0.15) is 73.6 Å². The molecule has 0 aliphatic carbocycles. The second-order valence-electron chi connectivity index (χ2n) is 11.8. The molecule has 12 nitrogen and oxygen atoms in total. The number of aromatic nitrogens is 4. The molecular weight excluding hydrogens is 580 g/mol. The lowest BCUT2D eigenvalue weighted by Gasteiger charge is -2.20. The minimum absolute atomic E-state index is 0.104. The molecular formula is C33H38N4O8. The van der Waals surface area contributed by atoms with Crippen molar-refractivity contribution in [2.75, 3.05) is 0 Å². The Labute approximate surface area is 261 Å². The summed E-state index contributed by atoms with van der Waals surface area (Å²) in [6, 6.07) is 18.7. The van der Waals surface area contributed by atoms with Crippen LogP contribution in [0.2, 0.25) is 0 Å². The van der Waals surface area contributed by atoms with Gasteiger partial charge in [-0.25, -0.2) is 19.6 Å². The van der Waals surface area contributed by atoms with Gasteiger partial charge in [0.25, 0.3) is 11.1 Å². The van der Waals surface area contributed by atoms with Crippen LogP contribution in [0.15, 0.2) is 82.9 Å². The van der Waals surface area contributed by atoms with Crippen molar-refractivity contribution in [1.82, 2.24) is 19.5 Å². The number of hydrogen-bond acceptors (Lipinski definition) is 10. The fraction of sp³-hybridized carbons (Fsp3) is 0.333. The van der Waals surface area contributed by atoms with Crippen LogP contribution in [0.5, 0.6) is 11.5 Å². The molecule has 2 aromatic carbocycles. The van der Waals surface area contributed by atoms with Crippen molar-refractivity contribution in [3.05, 3.63) is 117 Å². The summed E-state index contributed by atoms with van der Waals surface area (Å²) < 4.78 is 22.8. The molecule has 0 bridgehead atoms. The molecule has 4 rings (SSSR count). The van der Waals surface area contributed by atoms with Gasteiger partial charge < -0.3 is 23.9 Å². The maximum atomic E-state index is 12.3. The highest BCUT2D eigenvalue weighted by Gasteiger charge is 2.26. The Kier molecular flexibility index (Phi) is 11.4. The second kappa shape index (κ2) is 15.0. The predicted molar refractivity (Wildman–Crippen MR) is 166 cm³/mol. The largest absolute Gasteiger partial charge is 0.481 e. The minimum Gasteiger partial charge on any atom is -0.481 e. The number of hydrogen-bond donors (Lipinski definition) is 1. The topological polar surface area (TPSA) is 152 Å². The van der Waals surface area contributed by atoms with Crippen LogP contribution < -0.4 is 20.6 Å². The van der Waals surface area contributed by atoms with Gasteiger partial charge in [-0.05, 0) is 52.7 Å². The van der Waals surface area contributed by atoms with Crippen LogP contribution in [-0.4, -0.2) is 42.7 Å². The average molecular weight is 619 g/mol. The van der Waals surface area contributed by atoms with Crippen LogP contribution in [-0.2, 0) is 29.7 Å². The Morgan fingerprint density at radius 1 is 0.711 bits per heavy atom. The summed E-state index contributed by atoms with van der Waals surface area (Å²) >= 11 is 0. The Morgan fingerprint density at radius 3 is 1.62 bits per heavy atom. The molecule has 0 fully saturated rings. The summed E-state index contributed by atoms with van der Waals surface area (Å²) in [5, 5.41) is 0. The number of rotatable bonds is 8. The first kappa shape index (κ1) is 34.2. The number of benzene rings is 2. The minimum atomic E-state index is -0.693. The summed E-state index contributed by atoms with van der Waals surface area (Å²) in [7, 11) is 1.55. The Bertz CT molecular complexity index is 1700. The van der Waals surface area contributed by atoms with Gasteiger partial charge in [0.2, 0.25) is 11.5 Å². The molecule has 0 amide bonds. The molecule has 4 aromatic rings. The van der Waals surface area contributed by atoms with Gasteiger partial charge >= 0.3 is 11.9 Å². The number of aryl methyl sites for hydroxylation is 1. The Hall–Kier alpha value is -5.26. The van der Waals surface area contributed by atoms with E-state index >= 15 is 0 Å². The molecule has 0 saturated carbocycles. The summed E-state index contributed by atoms with van der Waals surface area (Å²) in [5.41, 5.74) is -0.805. The fourth-order valence-corrected chi connectivity index (χ4v) is 3.57. The highest BCUT2D eigenvalue weighted by molar-refractivity contribution is 5.90. The van der Waals surface area contributed by atoms with E-state index in [4.69, 9.17) is 18.9 Å². The Morgan fingerprint density at radius 2 is 1.16 bits per heavy atom. The van der Waals surface area contributed by atoms with E-state index in [-0.39, 0.29) is 36.1 Å². The lowest BCUT2D eigenvalue weighted by atomic mass is 10.2. The van der Waals surface area contributed by atoms with E-state index in [0.29, 0.717) is 0 Å². The number of carbonyl (C=O) groups excluding carboxylic acids is 2. The van der Waals surface area contributed by atoms with Crippen molar-refractivity contribution >= 4 is 11.9 Å². The van der Waals surface area contributed by atoms with Gasteiger partial charge in [0, 0.05) is 7.05 Å². The monoisotopic (exact) mass is 618 g/mol. The third-order valence-corrected chi connectivity index (χ3v) is 5.54. The first-order valence-corrected chi connectivity index (χ1v) is 14.1. The molecule has 0 aliphatic heterocycles. The zero-order valence-electron chi connectivity index (χ0n) is 26.5. The zero-order valence-corrected chi connectivity index (χ0v) is 26.5. The van der Waals surface area contributed by atoms with Gasteiger partial charge in [0.05, 0.1) is 12.7 Å². The normalized spacial score (nSPS) is 11.1. The summed E-state index contributed by atoms with van der Waals surface area (Å²) in [5.74, 6) is -1.62.